The third-order valence-corrected chi connectivity index (χ3v) is 4.41. The predicted octanol–water partition coefficient (Wildman–Crippen LogP) is 1.88. The number of fused-ring (bicyclic) bond motifs is 1. The molecule has 0 saturated carbocycles. The van der Waals surface area contributed by atoms with Crippen molar-refractivity contribution in [2.24, 2.45) is 11.8 Å². The molecule has 1 heterocycles. The van der Waals surface area contributed by atoms with Crippen molar-refractivity contribution in [1.29, 1.82) is 0 Å². The first kappa shape index (κ1) is 19.1. The average molecular weight is 348 g/mol. The lowest BCUT2D eigenvalue weighted by Gasteiger charge is -2.32. The summed E-state index contributed by atoms with van der Waals surface area (Å²) < 4.78 is 10.9. The maximum absolute atomic E-state index is 12.1. The minimum absolute atomic E-state index is 0.0129. The Balaban J connectivity index is 2.49. The van der Waals surface area contributed by atoms with Crippen molar-refractivity contribution in [2.45, 2.75) is 51.9 Å². The molecule has 0 spiro atoms. The van der Waals surface area contributed by atoms with Crippen LogP contribution in [0.15, 0.2) is 36.0 Å². The first-order valence-corrected chi connectivity index (χ1v) is 8.26. The normalized spacial score (nSPS) is 36.3. The molecule has 0 bridgehead atoms. The summed E-state index contributed by atoms with van der Waals surface area (Å²) in [6, 6.07) is 0. The van der Waals surface area contributed by atoms with Gasteiger partial charge in [-0.05, 0) is 37.6 Å². The number of ketones is 1. The van der Waals surface area contributed by atoms with Crippen molar-refractivity contribution >= 4 is 17.7 Å². The Morgan fingerprint density at radius 2 is 2.08 bits per heavy atom. The van der Waals surface area contributed by atoms with Gasteiger partial charge in [-0.3, -0.25) is 9.59 Å². The third-order valence-electron chi connectivity index (χ3n) is 4.41. The third kappa shape index (κ3) is 4.25. The predicted molar refractivity (Wildman–Crippen MR) is 90.4 cm³/mol. The Bertz CT molecular complexity index is 667. The van der Waals surface area contributed by atoms with Crippen LogP contribution in [-0.2, 0) is 23.9 Å². The number of esters is 2. The summed E-state index contributed by atoms with van der Waals surface area (Å²) in [5.74, 6) is -2.34. The van der Waals surface area contributed by atoms with Gasteiger partial charge in [-0.1, -0.05) is 20.4 Å². The average Bonchev–Trinajstić information content (AvgIpc) is 2.77. The molecular weight excluding hydrogens is 324 g/mol. The molecule has 0 amide bonds. The van der Waals surface area contributed by atoms with Gasteiger partial charge in [0.1, 0.15) is 12.2 Å². The second-order valence-electron chi connectivity index (χ2n) is 7.16. The van der Waals surface area contributed by atoms with Crippen molar-refractivity contribution in [3.63, 3.8) is 0 Å². The zero-order valence-electron chi connectivity index (χ0n) is 14.9. The summed E-state index contributed by atoms with van der Waals surface area (Å²) in [5, 5.41) is 10.6. The van der Waals surface area contributed by atoms with E-state index in [1.54, 1.807) is 26.8 Å². The van der Waals surface area contributed by atoms with E-state index in [0.29, 0.717) is 5.57 Å². The number of hydrogen-bond donors (Lipinski definition) is 1. The molecule has 1 unspecified atom stereocenters. The van der Waals surface area contributed by atoms with Crippen LogP contribution in [0.5, 0.6) is 0 Å². The summed E-state index contributed by atoms with van der Waals surface area (Å²) >= 11 is 0. The maximum Gasteiger partial charge on any atom is 0.334 e. The summed E-state index contributed by atoms with van der Waals surface area (Å²) in [6.45, 7) is 10.3. The van der Waals surface area contributed by atoms with Gasteiger partial charge in [0, 0.05) is 12.0 Å². The molecule has 1 aliphatic carbocycles. The zero-order chi connectivity index (χ0) is 18.9. The van der Waals surface area contributed by atoms with E-state index in [1.165, 1.54) is 19.1 Å². The first-order valence-electron chi connectivity index (χ1n) is 8.26. The lowest BCUT2D eigenvalue weighted by atomic mass is 9.82. The van der Waals surface area contributed by atoms with Crippen molar-refractivity contribution < 1.29 is 29.0 Å². The maximum atomic E-state index is 12.1. The molecule has 1 fully saturated rings. The Hall–Kier alpha value is -2.21. The lowest BCUT2D eigenvalue weighted by molar-refractivity contribution is -0.158. The standard InChI is InChI=1S/C19H24O6/c1-10(2)17(21)25-15-9-19(5,23)7-6-13(20)11(3)8-14-16(15)12(4)18(22)24-14/h6-8,10,14-16,23H,4,9H2,1-3,5H3/b7-6-,11-8-/t14-,15?,16+,19+/m0/s1. The molecule has 2 aliphatic rings. The molecule has 0 aromatic heterocycles. The van der Waals surface area contributed by atoms with Crippen LogP contribution in [-0.4, -0.2) is 40.6 Å². The van der Waals surface area contributed by atoms with Crippen LogP contribution in [0.1, 0.15) is 34.1 Å². The SMILES string of the molecule is C=C1C(=O)O[C@H]2/C=C(/C)C(=O)/C=C\[C@@](C)(O)CC(OC(=O)C(C)C)[C@H]12. The molecule has 2 rings (SSSR count). The fraction of sp³-hybridized carbons (Fsp3) is 0.526. The molecule has 1 aliphatic heterocycles. The van der Waals surface area contributed by atoms with Gasteiger partial charge in [0.05, 0.1) is 17.4 Å². The molecule has 25 heavy (non-hydrogen) atoms. The summed E-state index contributed by atoms with van der Waals surface area (Å²) in [7, 11) is 0. The highest BCUT2D eigenvalue weighted by Gasteiger charge is 2.46. The van der Waals surface area contributed by atoms with Crippen LogP contribution in [0, 0.1) is 11.8 Å². The monoisotopic (exact) mass is 348 g/mol. The van der Waals surface area contributed by atoms with Crippen molar-refractivity contribution in [2.75, 3.05) is 0 Å². The number of carbonyl (C=O) groups excluding carboxylic acids is 3. The number of carbonyl (C=O) groups is 3. The number of allylic oxidation sites excluding steroid dienone is 2. The van der Waals surface area contributed by atoms with E-state index >= 15 is 0 Å². The van der Waals surface area contributed by atoms with E-state index in [-0.39, 0.29) is 23.7 Å². The first-order chi connectivity index (χ1) is 11.5. The second-order valence-corrected chi connectivity index (χ2v) is 7.16. The highest BCUT2D eigenvalue weighted by atomic mass is 16.6. The highest BCUT2D eigenvalue weighted by molar-refractivity contribution is 6.03. The van der Waals surface area contributed by atoms with E-state index in [2.05, 4.69) is 6.58 Å². The van der Waals surface area contributed by atoms with Crippen molar-refractivity contribution in [1.82, 2.24) is 0 Å². The number of rotatable bonds is 2. The summed E-state index contributed by atoms with van der Waals surface area (Å²) in [4.78, 5) is 36.2. The topological polar surface area (TPSA) is 89.9 Å². The van der Waals surface area contributed by atoms with Crippen LogP contribution in [0.25, 0.3) is 0 Å². The largest absolute Gasteiger partial charge is 0.461 e. The van der Waals surface area contributed by atoms with E-state index in [1.807, 2.05) is 0 Å². The van der Waals surface area contributed by atoms with E-state index in [0.717, 1.165) is 0 Å². The molecule has 1 saturated heterocycles. The fourth-order valence-corrected chi connectivity index (χ4v) is 2.90. The van der Waals surface area contributed by atoms with E-state index < -0.39 is 35.7 Å². The zero-order valence-corrected chi connectivity index (χ0v) is 14.9. The molecule has 136 valence electrons. The minimum atomic E-state index is -1.40. The molecule has 0 aromatic carbocycles. The Labute approximate surface area is 147 Å². The van der Waals surface area contributed by atoms with Gasteiger partial charge in [0.2, 0.25) is 0 Å². The van der Waals surface area contributed by atoms with Gasteiger partial charge < -0.3 is 14.6 Å². The summed E-state index contributed by atoms with van der Waals surface area (Å²) in [6.07, 6.45) is 2.64. The minimum Gasteiger partial charge on any atom is -0.461 e. The molecular formula is C19H24O6. The lowest BCUT2D eigenvalue weighted by Crippen LogP contribution is -2.40. The molecule has 6 nitrogen and oxygen atoms in total. The van der Waals surface area contributed by atoms with Crippen LogP contribution in [0.3, 0.4) is 0 Å². The number of aliphatic hydroxyl groups is 1. The van der Waals surface area contributed by atoms with Gasteiger partial charge in [-0.25, -0.2) is 4.79 Å². The van der Waals surface area contributed by atoms with E-state index in [9.17, 15) is 19.5 Å². The Kier molecular flexibility index (Phi) is 5.32. The number of ether oxygens (including phenoxy) is 2. The van der Waals surface area contributed by atoms with Crippen LogP contribution in [0.2, 0.25) is 0 Å². The van der Waals surface area contributed by atoms with Gasteiger partial charge in [-0.15, -0.1) is 0 Å². The Morgan fingerprint density at radius 1 is 1.44 bits per heavy atom. The fourth-order valence-electron chi connectivity index (χ4n) is 2.90. The summed E-state index contributed by atoms with van der Waals surface area (Å²) in [5.41, 5.74) is -0.852. The highest BCUT2D eigenvalue weighted by Crippen LogP contribution is 2.37. The van der Waals surface area contributed by atoms with Gasteiger partial charge >= 0.3 is 11.9 Å². The molecule has 0 aromatic rings. The van der Waals surface area contributed by atoms with Crippen molar-refractivity contribution in [3.05, 3.63) is 36.0 Å². The van der Waals surface area contributed by atoms with Gasteiger partial charge in [0.25, 0.3) is 0 Å². The quantitative estimate of drug-likeness (QED) is 0.605. The van der Waals surface area contributed by atoms with Gasteiger partial charge in [-0.2, -0.15) is 0 Å². The van der Waals surface area contributed by atoms with Gasteiger partial charge in [0.15, 0.2) is 5.78 Å². The van der Waals surface area contributed by atoms with Crippen LogP contribution >= 0.6 is 0 Å². The smallest absolute Gasteiger partial charge is 0.334 e. The van der Waals surface area contributed by atoms with Crippen LogP contribution < -0.4 is 0 Å². The molecule has 4 atom stereocenters. The van der Waals surface area contributed by atoms with E-state index in [4.69, 9.17) is 9.47 Å². The molecule has 0 radical (unpaired) electrons. The molecule has 1 N–H and O–H groups in total. The second kappa shape index (κ2) is 6.96. The number of hydrogen-bond acceptors (Lipinski definition) is 6. The van der Waals surface area contributed by atoms with Crippen LogP contribution in [0.4, 0.5) is 0 Å². The Morgan fingerprint density at radius 3 is 2.68 bits per heavy atom. The molecule has 6 heteroatoms. The van der Waals surface area contributed by atoms with Crippen molar-refractivity contribution in [3.8, 4) is 0 Å².